The first-order valence-corrected chi connectivity index (χ1v) is 9.70. The lowest BCUT2D eigenvalue weighted by Gasteiger charge is -2.31. The molecule has 0 aliphatic carbocycles. The van der Waals surface area contributed by atoms with Gasteiger partial charge < -0.3 is 9.15 Å². The molecule has 27 heavy (non-hydrogen) atoms. The zero-order chi connectivity index (χ0) is 19.0. The molecule has 4 heteroatoms. The number of benzene rings is 2. The van der Waals surface area contributed by atoms with Gasteiger partial charge in [-0.1, -0.05) is 43.7 Å². The molecule has 4 nitrogen and oxygen atoms in total. The Morgan fingerprint density at radius 1 is 1.19 bits per heavy atom. The minimum Gasteiger partial charge on any atom is -0.444 e. The number of rotatable bonds is 4. The molecule has 1 N–H and O–H groups in total. The summed E-state index contributed by atoms with van der Waals surface area (Å²) >= 11 is 0. The van der Waals surface area contributed by atoms with Crippen LogP contribution in [0.4, 0.5) is 0 Å². The van der Waals surface area contributed by atoms with Crippen LogP contribution in [0.3, 0.4) is 0 Å². The van der Waals surface area contributed by atoms with Gasteiger partial charge in [-0.15, -0.1) is 0 Å². The fourth-order valence-corrected chi connectivity index (χ4v) is 4.10. The second kappa shape index (κ2) is 7.20. The topological polar surface area (TPSA) is 43.9 Å². The maximum absolute atomic E-state index is 12.0. The van der Waals surface area contributed by atoms with Crippen molar-refractivity contribution in [3.8, 4) is 5.75 Å². The minimum absolute atomic E-state index is 0.283. The zero-order valence-electron chi connectivity index (χ0n) is 16.2. The third-order valence-electron chi connectivity index (χ3n) is 5.63. The standard InChI is InChI=1S/C23H25NO3/c1-4-8-18-12-21(25)27-23-15(2)22-19(11-20(18)23)13-24(14-26-22)16(3)17-9-6-5-7-10-17/h5-7,9-12,16H,4,8,13-14H2,1-3H3/p+1/t16-/m0/s1. The summed E-state index contributed by atoms with van der Waals surface area (Å²) in [7, 11) is 0. The molecule has 0 fully saturated rings. The molecule has 4 rings (SSSR count). The highest BCUT2D eigenvalue weighted by molar-refractivity contribution is 5.86. The zero-order valence-corrected chi connectivity index (χ0v) is 16.2. The minimum atomic E-state index is -0.283. The average Bonchev–Trinajstić information content (AvgIpc) is 2.69. The molecule has 0 radical (unpaired) electrons. The van der Waals surface area contributed by atoms with Crippen molar-refractivity contribution >= 4 is 11.0 Å². The van der Waals surface area contributed by atoms with Crippen LogP contribution in [0.5, 0.6) is 5.75 Å². The first-order chi connectivity index (χ1) is 13.1. The van der Waals surface area contributed by atoms with Crippen LogP contribution in [-0.4, -0.2) is 6.73 Å². The molecule has 3 aromatic rings. The lowest BCUT2D eigenvalue weighted by molar-refractivity contribution is -0.960. The van der Waals surface area contributed by atoms with E-state index in [1.165, 1.54) is 16.0 Å². The van der Waals surface area contributed by atoms with Crippen LogP contribution in [0.2, 0.25) is 0 Å². The number of quaternary nitrogens is 1. The van der Waals surface area contributed by atoms with Crippen LogP contribution >= 0.6 is 0 Å². The summed E-state index contributed by atoms with van der Waals surface area (Å²) in [5, 5.41) is 1.05. The summed E-state index contributed by atoms with van der Waals surface area (Å²) in [6.45, 7) is 7.86. The lowest BCUT2D eigenvalue weighted by atomic mass is 9.98. The van der Waals surface area contributed by atoms with Crippen molar-refractivity contribution in [3.63, 3.8) is 0 Å². The Bertz CT molecular complexity index is 1020. The molecule has 2 heterocycles. The second-order valence-corrected chi connectivity index (χ2v) is 7.46. The van der Waals surface area contributed by atoms with Gasteiger partial charge in [-0.2, -0.15) is 0 Å². The first-order valence-electron chi connectivity index (χ1n) is 9.70. The predicted octanol–water partition coefficient (Wildman–Crippen LogP) is 3.55. The van der Waals surface area contributed by atoms with E-state index in [1.54, 1.807) is 6.07 Å². The van der Waals surface area contributed by atoms with E-state index >= 15 is 0 Å². The molecule has 2 aromatic carbocycles. The van der Waals surface area contributed by atoms with Crippen LogP contribution in [0.1, 0.15) is 48.6 Å². The van der Waals surface area contributed by atoms with E-state index in [0.29, 0.717) is 18.4 Å². The van der Waals surface area contributed by atoms with Crippen molar-refractivity contribution in [2.24, 2.45) is 0 Å². The highest BCUT2D eigenvalue weighted by atomic mass is 16.5. The van der Waals surface area contributed by atoms with Crippen molar-refractivity contribution in [2.45, 2.75) is 46.2 Å². The van der Waals surface area contributed by atoms with E-state index in [-0.39, 0.29) is 5.63 Å². The van der Waals surface area contributed by atoms with Gasteiger partial charge in [0.05, 0.1) is 0 Å². The third kappa shape index (κ3) is 3.26. The largest absolute Gasteiger partial charge is 0.444 e. The summed E-state index contributed by atoms with van der Waals surface area (Å²) in [6.07, 6.45) is 1.87. The van der Waals surface area contributed by atoms with Gasteiger partial charge in [0.15, 0.2) is 0 Å². The van der Waals surface area contributed by atoms with Crippen molar-refractivity contribution < 1.29 is 14.1 Å². The summed E-state index contributed by atoms with van der Waals surface area (Å²) in [5.41, 5.74) is 4.89. The molecule has 0 spiro atoms. The average molecular weight is 364 g/mol. The maximum Gasteiger partial charge on any atom is 0.336 e. The second-order valence-electron chi connectivity index (χ2n) is 7.46. The smallest absolute Gasteiger partial charge is 0.336 e. The molecule has 1 aromatic heterocycles. The molecular formula is C23H26NO3+. The fourth-order valence-electron chi connectivity index (χ4n) is 4.10. The lowest BCUT2D eigenvalue weighted by Crippen LogP contribution is -3.12. The number of ether oxygens (including phenoxy) is 1. The fraction of sp³-hybridized carbons (Fsp3) is 0.348. The van der Waals surface area contributed by atoms with E-state index in [0.717, 1.165) is 41.6 Å². The molecular weight excluding hydrogens is 338 g/mol. The maximum atomic E-state index is 12.0. The van der Waals surface area contributed by atoms with Crippen molar-refractivity contribution in [3.05, 3.63) is 75.1 Å². The molecule has 0 amide bonds. The van der Waals surface area contributed by atoms with Crippen LogP contribution in [0, 0.1) is 6.92 Å². The molecule has 0 saturated heterocycles. The van der Waals surface area contributed by atoms with Crippen LogP contribution in [0.25, 0.3) is 11.0 Å². The Labute approximate surface area is 159 Å². The Morgan fingerprint density at radius 2 is 1.96 bits per heavy atom. The van der Waals surface area contributed by atoms with Crippen LogP contribution < -0.4 is 15.3 Å². The first kappa shape index (κ1) is 17.8. The van der Waals surface area contributed by atoms with E-state index in [4.69, 9.17) is 9.15 Å². The van der Waals surface area contributed by atoms with E-state index in [1.807, 2.05) is 13.0 Å². The Morgan fingerprint density at radius 3 is 2.70 bits per heavy atom. The number of nitrogens with one attached hydrogen (secondary N) is 1. The van der Waals surface area contributed by atoms with E-state index in [2.05, 4.69) is 44.2 Å². The van der Waals surface area contributed by atoms with Crippen molar-refractivity contribution in [1.29, 1.82) is 0 Å². The molecule has 1 aliphatic rings. The predicted molar refractivity (Wildman–Crippen MR) is 106 cm³/mol. The quantitative estimate of drug-likeness (QED) is 0.720. The van der Waals surface area contributed by atoms with Crippen molar-refractivity contribution in [1.82, 2.24) is 0 Å². The summed E-state index contributed by atoms with van der Waals surface area (Å²) in [4.78, 5) is 13.4. The van der Waals surface area contributed by atoms with Gasteiger partial charge in [-0.3, -0.25) is 4.90 Å². The number of hydrogen-bond acceptors (Lipinski definition) is 3. The van der Waals surface area contributed by atoms with Gasteiger partial charge in [-0.25, -0.2) is 4.79 Å². The highest BCUT2D eigenvalue weighted by Gasteiger charge is 2.29. The van der Waals surface area contributed by atoms with Crippen LogP contribution in [-0.2, 0) is 13.0 Å². The van der Waals surface area contributed by atoms with Gasteiger partial charge in [0, 0.05) is 28.1 Å². The molecule has 140 valence electrons. The normalized spacial score (nSPS) is 17.4. The summed E-state index contributed by atoms with van der Waals surface area (Å²) in [6, 6.07) is 14.7. The van der Waals surface area contributed by atoms with Gasteiger partial charge >= 0.3 is 5.63 Å². The summed E-state index contributed by atoms with van der Waals surface area (Å²) in [5.74, 6) is 0.878. The molecule has 1 unspecified atom stereocenters. The van der Waals surface area contributed by atoms with Gasteiger partial charge in [-0.05, 0) is 31.9 Å². The van der Waals surface area contributed by atoms with Gasteiger partial charge in [0.1, 0.15) is 23.9 Å². The summed E-state index contributed by atoms with van der Waals surface area (Å²) < 4.78 is 11.7. The number of hydrogen-bond donors (Lipinski definition) is 1. The molecule has 0 bridgehead atoms. The number of aryl methyl sites for hydroxylation is 2. The van der Waals surface area contributed by atoms with Crippen LogP contribution in [0.15, 0.2) is 51.7 Å². The highest BCUT2D eigenvalue weighted by Crippen LogP contribution is 2.34. The SMILES string of the molecule is CCCc1cc(=O)oc2c(C)c3c(cc12)C[NH+]([C@@H](C)c1ccccc1)CO3. The van der Waals surface area contributed by atoms with Crippen molar-refractivity contribution in [2.75, 3.05) is 6.73 Å². The van der Waals surface area contributed by atoms with Gasteiger partial charge in [0.25, 0.3) is 0 Å². The Hall–Kier alpha value is -2.59. The van der Waals surface area contributed by atoms with Gasteiger partial charge in [0.2, 0.25) is 6.73 Å². The molecule has 0 saturated carbocycles. The third-order valence-corrected chi connectivity index (χ3v) is 5.63. The Balaban J connectivity index is 1.76. The molecule has 2 atom stereocenters. The van der Waals surface area contributed by atoms with E-state index < -0.39 is 0 Å². The molecule has 1 aliphatic heterocycles. The van der Waals surface area contributed by atoms with E-state index in [9.17, 15) is 4.79 Å². The monoisotopic (exact) mass is 364 g/mol. The number of fused-ring (bicyclic) bond motifs is 2. The Kier molecular flexibility index (Phi) is 4.75.